The molecule has 24 heavy (non-hydrogen) atoms. The summed E-state index contributed by atoms with van der Waals surface area (Å²) in [5, 5.41) is 9.53. The Morgan fingerprint density at radius 2 is 2.08 bits per heavy atom. The van der Waals surface area contributed by atoms with Gasteiger partial charge in [0.2, 0.25) is 0 Å². The van der Waals surface area contributed by atoms with E-state index in [1.807, 2.05) is 29.0 Å². The van der Waals surface area contributed by atoms with Crippen LogP contribution in [0.1, 0.15) is 0 Å². The van der Waals surface area contributed by atoms with Crippen molar-refractivity contribution >= 4 is 17.5 Å². The molecule has 0 aliphatic heterocycles. The van der Waals surface area contributed by atoms with Crippen molar-refractivity contribution in [1.29, 1.82) is 0 Å². The van der Waals surface area contributed by atoms with Gasteiger partial charge in [0.05, 0.1) is 18.6 Å². The van der Waals surface area contributed by atoms with Crippen LogP contribution >= 0.6 is 0 Å². The summed E-state index contributed by atoms with van der Waals surface area (Å²) in [5.74, 6) is 1.09. The number of carbonyl (C=O) groups excluding carboxylic acids is 1. The highest BCUT2D eigenvalue weighted by atomic mass is 16.5. The van der Waals surface area contributed by atoms with Crippen molar-refractivity contribution in [1.82, 2.24) is 19.3 Å². The fourth-order valence-electron chi connectivity index (χ4n) is 2.13. The van der Waals surface area contributed by atoms with Crippen molar-refractivity contribution in [3.8, 4) is 5.75 Å². The molecule has 2 N–H and O–H groups in total. The summed E-state index contributed by atoms with van der Waals surface area (Å²) >= 11 is 0. The zero-order valence-electron chi connectivity index (χ0n) is 13.2. The summed E-state index contributed by atoms with van der Waals surface area (Å²) in [4.78, 5) is 16.0. The molecule has 2 aromatic heterocycles. The molecule has 3 aromatic rings. The van der Waals surface area contributed by atoms with Crippen molar-refractivity contribution in [2.45, 2.75) is 6.54 Å². The summed E-state index contributed by atoms with van der Waals surface area (Å²) in [6.45, 7) is 1.14. The van der Waals surface area contributed by atoms with Gasteiger partial charge in [-0.25, -0.2) is 9.78 Å². The van der Waals surface area contributed by atoms with E-state index < -0.39 is 0 Å². The minimum absolute atomic E-state index is 0.376. The zero-order valence-corrected chi connectivity index (χ0v) is 13.2. The number of rotatable bonds is 6. The number of benzene rings is 1. The first-order valence-corrected chi connectivity index (χ1v) is 7.46. The van der Waals surface area contributed by atoms with E-state index >= 15 is 0 Å². The van der Waals surface area contributed by atoms with Crippen LogP contribution in [0.5, 0.6) is 5.75 Å². The van der Waals surface area contributed by atoms with Gasteiger partial charge in [-0.05, 0) is 12.1 Å². The molecule has 2 amide bonds. The van der Waals surface area contributed by atoms with Crippen LogP contribution in [-0.4, -0.2) is 32.0 Å². The molecule has 2 heterocycles. The van der Waals surface area contributed by atoms with E-state index in [0.29, 0.717) is 30.4 Å². The zero-order chi connectivity index (χ0) is 16.8. The number of ether oxygens (including phenoxy) is 1. The van der Waals surface area contributed by atoms with Gasteiger partial charge in [-0.3, -0.25) is 10.00 Å². The molecule has 0 saturated carbocycles. The van der Waals surface area contributed by atoms with E-state index in [4.69, 9.17) is 4.74 Å². The van der Waals surface area contributed by atoms with Gasteiger partial charge >= 0.3 is 6.03 Å². The maximum Gasteiger partial charge on any atom is 0.325 e. The number of para-hydroxylation sites is 2. The normalized spacial score (nSPS) is 10.4. The van der Waals surface area contributed by atoms with Crippen LogP contribution in [0, 0.1) is 0 Å². The third kappa shape index (κ3) is 4.13. The van der Waals surface area contributed by atoms with Crippen molar-refractivity contribution < 1.29 is 9.53 Å². The molecule has 0 aliphatic rings. The second kappa shape index (κ2) is 7.32. The van der Waals surface area contributed by atoms with Crippen LogP contribution in [0.4, 0.5) is 16.3 Å². The molecule has 3 rings (SSSR count). The first-order valence-electron chi connectivity index (χ1n) is 7.46. The Labute approximate surface area is 139 Å². The van der Waals surface area contributed by atoms with Crippen LogP contribution < -0.4 is 15.4 Å². The molecular weight excluding hydrogens is 308 g/mol. The molecule has 0 spiro atoms. The van der Waals surface area contributed by atoms with E-state index in [9.17, 15) is 4.79 Å². The van der Waals surface area contributed by atoms with Gasteiger partial charge in [-0.1, -0.05) is 12.1 Å². The summed E-state index contributed by atoms with van der Waals surface area (Å²) in [6.07, 6.45) is 7.07. The first-order chi connectivity index (χ1) is 11.7. The fraction of sp³-hybridized carbons (Fsp3) is 0.188. The maximum atomic E-state index is 12.1. The number of hydrogen-bond acceptors (Lipinski definition) is 4. The second-order valence-electron chi connectivity index (χ2n) is 5.10. The average Bonchev–Trinajstić information content (AvgIpc) is 3.21. The average molecular weight is 326 g/mol. The number of anilines is 2. The lowest BCUT2D eigenvalue weighted by Gasteiger charge is -2.12. The quantitative estimate of drug-likeness (QED) is 0.728. The summed E-state index contributed by atoms with van der Waals surface area (Å²) in [6, 6.07) is 8.62. The molecule has 0 aliphatic carbocycles. The molecule has 0 unspecified atom stereocenters. The Bertz CT molecular complexity index is 797. The Morgan fingerprint density at radius 3 is 2.83 bits per heavy atom. The van der Waals surface area contributed by atoms with Gasteiger partial charge in [-0.15, -0.1) is 0 Å². The number of hydrogen-bond donors (Lipinski definition) is 2. The van der Waals surface area contributed by atoms with E-state index in [-0.39, 0.29) is 6.03 Å². The smallest absolute Gasteiger partial charge is 0.325 e. The largest absolute Gasteiger partial charge is 0.490 e. The van der Waals surface area contributed by atoms with Gasteiger partial charge in [0.25, 0.3) is 0 Å². The minimum atomic E-state index is -0.376. The van der Waals surface area contributed by atoms with E-state index in [1.165, 1.54) is 0 Å². The molecule has 0 atom stereocenters. The van der Waals surface area contributed by atoms with Crippen LogP contribution in [0.3, 0.4) is 0 Å². The third-order valence-electron chi connectivity index (χ3n) is 3.26. The minimum Gasteiger partial charge on any atom is -0.490 e. The number of nitrogens with zero attached hydrogens (tertiary/aromatic N) is 4. The molecule has 0 radical (unpaired) electrons. The Balaban J connectivity index is 1.57. The standard InChI is InChI=1S/C16H18N6O2/c1-21-8-6-15(20-21)19-16(23)18-13-4-2-3-5-14(13)24-11-10-22-9-7-17-12-22/h2-9,12H,10-11H2,1H3,(H2,18,19,20,23). The van der Waals surface area contributed by atoms with Crippen molar-refractivity contribution in [2.75, 3.05) is 17.2 Å². The highest BCUT2D eigenvalue weighted by molar-refractivity contribution is 6.00. The SMILES string of the molecule is Cn1ccc(NC(=O)Nc2ccccc2OCCn2ccnc2)n1. The van der Waals surface area contributed by atoms with Crippen molar-refractivity contribution in [2.24, 2.45) is 7.05 Å². The van der Waals surface area contributed by atoms with Gasteiger partial charge < -0.3 is 14.6 Å². The molecule has 124 valence electrons. The number of imidazole rings is 1. The summed E-state index contributed by atoms with van der Waals surface area (Å²) in [5.41, 5.74) is 0.594. The summed E-state index contributed by atoms with van der Waals surface area (Å²) < 4.78 is 9.29. The highest BCUT2D eigenvalue weighted by Crippen LogP contribution is 2.23. The van der Waals surface area contributed by atoms with Crippen LogP contribution in [0.2, 0.25) is 0 Å². The van der Waals surface area contributed by atoms with Crippen LogP contribution in [0.15, 0.2) is 55.2 Å². The number of aryl methyl sites for hydroxylation is 1. The topological polar surface area (TPSA) is 86.0 Å². The lowest BCUT2D eigenvalue weighted by molar-refractivity contribution is 0.261. The second-order valence-corrected chi connectivity index (χ2v) is 5.10. The lowest BCUT2D eigenvalue weighted by Crippen LogP contribution is -2.20. The number of amides is 2. The number of carbonyl (C=O) groups is 1. The maximum absolute atomic E-state index is 12.1. The lowest BCUT2D eigenvalue weighted by atomic mass is 10.3. The first kappa shape index (κ1) is 15.6. The predicted molar refractivity (Wildman–Crippen MR) is 90.0 cm³/mol. The predicted octanol–water partition coefficient (Wildman–Crippen LogP) is 2.34. The Morgan fingerprint density at radius 1 is 1.21 bits per heavy atom. The fourth-order valence-corrected chi connectivity index (χ4v) is 2.13. The Kier molecular flexibility index (Phi) is 4.76. The molecule has 0 fully saturated rings. The van der Waals surface area contributed by atoms with E-state index in [1.54, 1.807) is 42.6 Å². The molecule has 0 bridgehead atoms. The molecule has 8 nitrogen and oxygen atoms in total. The van der Waals surface area contributed by atoms with Crippen molar-refractivity contribution in [3.63, 3.8) is 0 Å². The molecule has 8 heteroatoms. The van der Waals surface area contributed by atoms with Gasteiger partial charge in [0.1, 0.15) is 12.4 Å². The Hall–Kier alpha value is -3.29. The van der Waals surface area contributed by atoms with E-state index in [2.05, 4.69) is 20.7 Å². The number of aromatic nitrogens is 4. The number of urea groups is 1. The monoisotopic (exact) mass is 326 g/mol. The van der Waals surface area contributed by atoms with Gasteiger partial charge in [0.15, 0.2) is 5.82 Å². The summed E-state index contributed by atoms with van der Waals surface area (Å²) in [7, 11) is 1.78. The van der Waals surface area contributed by atoms with Crippen LogP contribution in [-0.2, 0) is 13.6 Å². The van der Waals surface area contributed by atoms with Gasteiger partial charge in [0, 0.05) is 31.7 Å². The molecule has 1 aromatic carbocycles. The van der Waals surface area contributed by atoms with Crippen LogP contribution in [0.25, 0.3) is 0 Å². The van der Waals surface area contributed by atoms with E-state index in [0.717, 1.165) is 0 Å². The highest BCUT2D eigenvalue weighted by Gasteiger charge is 2.08. The van der Waals surface area contributed by atoms with Crippen molar-refractivity contribution in [3.05, 3.63) is 55.2 Å². The third-order valence-corrected chi connectivity index (χ3v) is 3.26. The number of nitrogens with one attached hydrogen (secondary N) is 2. The van der Waals surface area contributed by atoms with Gasteiger partial charge in [-0.2, -0.15) is 5.10 Å². The molecule has 0 saturated heterocycles. The molecular formula is C16H18N6O2.